The molecule has 0 spiro atoms. The van der Waals surface area contributed by atoms with Crippen LogP contribution in [0.25, 0.3) is 0 Å². The molecule has 2 saturated heterocycles. The molecule has 9 nitrogen and oxygen atoms in total. The van der Waals surface area contributed by atoms with E-state index in [9.17, 15) is 18.8 Å². The number of amides is 3. The third kappa shape index (κ3) is 3.77. The number of halogens is 1. The van der Waals surface area contributed by atoms with Crippen molar-refractivity contribution in [2.75, 3.05) is 37.0 Å². The van der Waals surface area contributed by atoms with Gasteiger partial charge in [0.2, 0.25) is 5.91 Å². The lowest BCUT2D eigenvalue weighted by atomic mass is 10.3. The molecule has 0 radical (unpaired) electrons. The number of nitrogens with one attached hydrogen (secondary N) is 2. The zero-order valence-electron chi connectivity index (χ0n) is 16.2. The molecule has 10 heteroatoms. The van der Waals surface area contributed by atoms with Gasteiger partial charge in [0, 0.05) is 30.5 Å². The van der Waals surface area contributed by atoms with Crippen LogP contribution in [0.3, 0.4) is 0 Å². The molecule has 0 bridgehead atoms. The van der Waals surface area contributed by atoms with E-state index in [2.05, 4.69) is 10.7 Å². The average molecular weight is 413 g/mol. The fraction of sp³-hybridized carbons (Fsp3) is 0.250. The van der Waals surface area contributed by atoms with E-state index in [-0.39, 0.29) is 12.4 Å². The van der Waals surface area contributed by atoms with Crippen molar-refractivity contribution in [2.24, 2.45) is 0 Å². The van der Waals surface area contributed by atoms with Crippen LogP contribution in [0.2, 0.25) is 0 Å². The van der Waals surface area contributed by atoms with Crippen LogP contribution in [0.5, 0.6) is 5.75 Å². The van der Waals surface area contributed by atoms with Gasteiger partial charge in [-0.1, -0.05) is 6.07 Å². The van der Waals surface area contributed by atoms with E-state index in [1.165, 1.54) is 24.1 Å². The van der Waals surface area contributed by atoms with Crippen LogP contribution in [-0.4, -0.2) is 60.7 Å². The van der Waals surface area contributed by atoms with Crippen molar-refractivity contribution in [3.8, 4) is 5.75 Å². The van der Waals surface area contributed by atoms with E-state index in [0.29, 0.717) is 30.2 Å². The van der Waals surface area contributed by atoms with Crippen molar-refractivity contribution < 1.29 is 23.5 Å². The minimum atomic E-state index is -0.812. The molecule has 2 heterocycles. The minimum absolute atomic E-state index is 0.337. The van der Waals surface area contributed by atoms with Gasteiger partial charge in [-0.05, 0) is 36.4 Å². The Bertz CT molecular complexity index is 983. The molecule has 4 rings (SSSR count). The van der Waals surface area contributed by atoms with Crippen LogP contribution >= 0.6 is 0 Å². The second kappa shape index (κ2) is 7.99. The molecule has 2 fully saturated rings. The SMILES string of the molecule is COc1cccc(NC(=O)CN2NC3N(CCN3c3ccc(F)cc3)C(=O)C2=O)c1. The summed E-state index contributed by atoms with van der Waals surface area (Å²) in [6, 6.07) is 12.6. The maximum atomic E-state index is 13.2. The number of carbonyl (C=O) groups excluding carboxylic acids is 3. The summed E-state index contributed by atoms with van der Waals surface area (Å²) < 4.78 is 18.4. The number of hydrogen-bond donors (Lipinski definition) is 2. The summed E-state index contributed by atoms with van der Waals surface area (Å²) in [5.74, 6) is -1.78. The number of anilines is 2. The number of hydrazine groups is 1. The van der Waals surface area contributed by atoms with Gasteiger partial charge in [0.25, 0.3) is 0 Å². The van der Waals surface area contributed by atoms with Gasteiger partial charge in [0.05, 0.1) is 7.11 Å². The molecule has 0 saturated carbocycles. The average Bonchev–Trinajstić information content (AvgIpc) is 3.16. The van der Waals surface area contributed by atoms with Crippen LogP contribution in [0.4, 0.5) is 15.8 Å². The number of hydrogen-bond acceptors (Lipinski definition) is 6. The highest BCUT2D eigenvalue weighted by Crippen LogP contribution is 2.25. The lowest BCUT2D eigenvalue weighted by molar-refractivity contribution is -0.163. The first-order valence-electron chi connectivity index (χ1n) is 9.31. The molecule has 0 aliphatic carbocycles. The summed E-state index contributed by atoms with van der Waals surface area (Å²) in [5, 5.41) is 3.68. The summed E-state index contributed by atoms with van der Waals surface area (Å²) in [5.41, 5.74) is 4.13. The van der Waals surface area contributed by atoms with Crippen molar-refractivity contribution in [2.45, 2.75) is 6.29 Å². The highest BCUT2D eigenvalue weighted by molar-refractivity contribution is 6.35. The van der Waals surface area contributed by atoms with Gasteiger partial charge in [-0.3, -0.25) is 24.3 Å². The van der Waals surface area contributed by atoms with Crippen molar-refractivity contribution in [1.29, 1.82) is 0 Å². The highest BCUT2D eigenvalue weighted by atomic mass is 19.1. The fourth-order valence-corrected chi connectivity index (χ4v) is 3.48. The molecule has 2 aliphatic heterocycles. The molecule has 1 atom stereocenters. The molecular formula is C20H20FN5O4. The zero-order valence-corrected chi connectivity index (χ0v) is 16.2. The summed E-state index contributed by atoms with van der Waals surface area (Å²) >= 11 is 0. The van der Waals surface area contributed by atoms with Crippen LogP contribution in [0, 0.1) is 5.82 Å². The summed E-state index contributed by atoms with van der Waals surface area (Å²) in [4.78, 5) is 40.6. The molecular weight excluding hydrogens is 393 g/mol. The van der Waals surface area contributed by atoms with Gasteiger partial charge in [-0.25, -0.2) is 4.39 Å². The largest absolute Gasteiger partial charge is 0.497 e. The van der Waals surface area contributed by atoms with Crippen molar-refractivity contribution >= 4 is 29.1 Å². The van der Waals surface area contributed by atoms with Gasteiger partial charge in [-0.15, -0.1) is 0 Å². The number of rotatable bonds is 5. The number of benzene rings is 2. The fourth-order valence-electron chi connectivity index (χ4n) is 3.48. The third-order valence-corrected chi connectivity index (χ3v) is 4.95. The molecule has 2 N–H and O–H groups in total. The van der Waals surface area contributed by atoms with E-state index in [0.717, 1.165) is 5.01 Å². The predicted octanol–water partition coefficient (Wildman–Crippen LogP) is 0.752. The summed E-state index contributed by atoms with van der Waals surface area (Å²) in [6.07, 6.45) is -0.648. The predicted molar refractivity (Wildman–Crippen MR) is 106 cm³/mol. The molecule has 156 valence electrons. The number of carbonyl (C=O) groups is 3. The van der Waals surface area contributed by atoms with E-state index in [1.807, 2.05) is 4.90 Å². The molecule has 2 aromatic carbocycles. The molecule has 2 aliphatic rings. The van der Waals surface area contributed by atoms with E-state index in [4.69, 9.17) is 4.74 Å². The number of ether oxygens (including phenoxy) is 1. The van der Waals surface area contributed by atoms with Crippen LogP contribution in [0.15, 0.2) is 48.5 Å². The molecule has 30 heavy (non-hydrogen) atoms. The van der Waals surface area contributed by atoms with Crippen molar-refractivity contribution in [3.05, 3.63) is 54.3 Å². The van der Waals surface area contributed by atoms with Gasteiger partial charge in [0.15, 0.2) is 6.29 Å². The summed E-state index contributed by atoms with van der Waals surface area (Å²) in [7, 11) is 1.52. The Hall–Kier alpha value is -3.66. The normalized spacial score (nSPS) is 18.5. The standard InChI is InChI=1S/C20H20FN5O4/c1-30-16-4-2-3-14(11-16)22-17(27)12-26-19(29)18(28)25-10-9-24(20(25)23-26)15-7-5-13(21)6-8-15/h2-8,11,20,23H,9-10,12H2,1H3,(H,22,27). The maximum absolute atomic E-state index is 13.2. The van der Waals surface area contributed by atoms with E-state index >= 15 is 0 Å². The first-order chi connectivity index (χ1) is 14.5. The van der Waals surface area contributed by atoms with Crippen molar-refractivity contribution in [3.63, 3.8) is 0 Å². The molecule has 0 aromatic heterocycles. The smallest absolute Gasteiger partial charge is 0.326 e. The number of nitrogens with zero attached hydrogens (tertiary/aromatic N) is 3. The van der Waals surface area contributed by atoms with Gasteiger partial charge in [-0.2, -0.15) is 5.43 Å². The number of methoxy groups -OCH3 is 1. The van der Waals surface area contributed by atoms with Gasteiger partial charge < -0.3 is 15.0 Å². The first kappa shape index (κ1) is 19.6. The topological polar surface area (TPSA) is 94.2 Å². The second-order valence-electron chi connectivity index (χ2n) is 6.84. The minimum Gasteiger partial charge on any atom is -0.497 e. The Labute approximate surface area is 172 Å². The molecule has 3 amide bonds. The Morgan fingerprint density at radius 3 is 2.60 bits per heavy atom. The Morgan fingerprint density at radius 2 is 1.87 bits per heavy atom. The lowest BCUT2D eigenvalue weighted by Crippen LogP contribution is -2.68. The van der Waals surface area contributed by atoms with Crippen LogP contribution < -0.4 is 20.4 Å². The van der Waals surface area contributed by atoms with E-state index < -0.39 is 24.0 Å². The quantitative estimate of drug-likeness (QED) is 0.703. The van der Waals surface area contributed by atoms with Crippen LogP contribution in [-0.2, 0) is 14.4 Å². The highest BCUT2D eigenvalue weighted by Gasteiger charge is 2.45. The number of fused-ring (bicyclic) bond motifs is 1. The Balaban J connectivity index is 1.47. The Morgan fingerprint density at radius 1 is 1.13 bits per heavy atom. The maximum Gasteiger partial charge on any atom is 0.326 e. The first-order valence-corrected chi connectivity index (χ1v) is 9.31. The van der Waals surface area contributed by atoms with Gasteiger partial charge >= 0.3 is 11.8 Å². The molecule has 2 aromatic rings. The monoisotopic (exact) mass is 413 g/mol. The third-order valence-electron chi connectivity index (χ3n) is 4.95. The second-order valence-corrected chi connectivity index (χ2v) is 6.84. The Kier molecular flexibility index (Phi) is 5.23. The lowest BCUT2D eigenvalue weighted by Gasteiger charge is -2.40. The van der Waals surface area contributed by atoms with Crippen LogP contribution in [0.1, 0.15) is 0 Å². The zero-order chi connectivity index (χ0) is 21.3. The van der Waals surface area contributed by atoms with Crippen molar-refractivity contribution in [1.82, 2.24) is 15.3 Å². The summed E-state index contributed by atoms with van der Waals surface area (Å²) in [6.45, 7) is 0.443. The molecule has 1 unspecified atom stereocenters. The van der Waals surface area contributed by atoms with Gasteiger partial charge in [0.1, 0.15) is 18.1 Å². The van der Waals surface area contributed by atoms with E-state index in [1.54, 1.807) is 36.4 Å².